The summed E-state index contributed by atoms with van der Waals surface area (Å²) in [5.41, 5.74) is 2.24. The predicted molar refractivity (Wildman–Crippen MR) is 128 cm³/mol. The molecule has 0 saturated carbocycles. The summed E-state index contributed by atoms with van der Waals surface area (Å²) in [5, 5.41) is 1.03. The van der Waals surface area contributed by atoms with Crippen LogP contribution in [0.1, 0.15) is 38.7 Å². The van der Waals surface area contributed by atoms with E-state index in [9.17, 15) is 4.79 Å². The molecule has 0 bridgehead atoms. The normalized spacial score (nSPS) is 11.5. The number of aromatic nitrogens is 2. The molecule has 0 N–H and O–H groups in total. The number of benzene rings is 1. The van der Waals surface area contributed by atoms with Crippen molar-refractivity contribution >= 4 is 10.9 Å². The Balaban J connectivity index is 1.39. The van der Waals surface area contributed by atoms with Crippen molar-refractivity contribution in [3.8, 4) is 5.75 Å². The first kappa shape index (κ1) is 23.0. The summed E-state index contributed by atoms with van der Waals surface area (Å²) in [6.45, 7) is 8.63. The zero-order chi connectivity index (χ0) is 22.1. The number of aryl methyl sites for hydroxylation is 1. The Hall–Kier alpha value is -2.66. The summed E-state index contributed by atoms with van der Waals surface area (Å²) in [4.78, 5) is 18.5. The van der Waals surface area contributed by atoms with E-state index in [1.807, 2.05) is 42.7 Å². The Morgan fingerprint density at radius 2 is 1.94 bits per heavy atom. The van der Waals surface area contributed by atoms with E-state index in [0.717, 1.165) is 62.2 Å². The fraction of sp³-hybridized carbons (Fsp3) is 0.462. The summed E-state index contributed by atoms with van der Waals surface area (Å²) in [6.07, 6.45) is 8.24. The van der Waals surface area contributed by atoms with Gasteiger partial charge in [-0.2, -0.15) is 0 Å². The molecule has 0 aliphatic rings. The molecule has 3 aromatic rings. The van der Waals surface area contributed by atoms with Gasteiger partial charge in [0.25, 0.3) is 5.56 Å². The number of pyridine rings is 2. The van der Waals surface area contributed by atoms with Crippen LogP contribution < -0.4 is 10.3 Å². The first-order valence-electron chi connectivity index (χ1n) is 11.4. The van der Waals surface area contributed by atoms with Gasteiger partial charge in [0.1, 0.15) is 5.75 Å². The van der Waals surface area contributed by atoms with E-state index < -0.39 is 0 Å². The second kappa shape index (κ2) is 11.7. The molecule has 0 spiro atoms. The summed E-state index contributed by atoms with van der Waals surface area (Å²) < 4.78 is 7.62. The van der Waals surface area contributed by atoms with Crippen LogP contribution in [0.2, 0.25) is 0 Å². The molecular weight excluding hydrogens is 386 g/mol. The molecule has 5 nitrogen and oxygen atoms in total. The van der Waals surface area contributed by atoms with Crippen molar-refractivity contribution in [1.82, 2.24) is 14.5 Å². The maximum atomic E-state index is 11.7. The number of hydrogen-bond donors (Lipinski definition) is 0. The van der Waals surface area contributed by atoms with Gasteiger partial charge in [0.05, 0.1) is 12.1 Å². The summed E-state index contributed by atoms with van der Waals surface area (Å²) in [6, 6.07) is 13.5. The van der Waals surface area contributed by atoms with Gasteiger partial charge in [-0.25, -0.2) is 0 Å². The monoisotopic (exact) mass is 421 g/mol. The van der Waals surface area contributed by atoms with Crippen LogP contribution in [0.5, 0.6) is 5.75 Å². The smallest absolute Gasteiger partial charge is 0.250 e. The van der Waals surface area contributed by atoms with Gasteiger partial charge >= 0.3 is 0 Å². The molecule has 5 heteroatoms. The second-order valence-electron chi connectivity index (χ2n) is 8.67. The predicted octanol–water partition coefficient (Wildman–Crippen LogP) is 4.68. The lowest BCUT2D eigenvalue weighted by Gasteiger charge is -2.24. The third-order valence-corrected chi connectivity index (χ3v) is 5.55. The lowest BCUT2D eigenvalue weighted by molar-refractivity contribution is 0.236. The summed E-state index contributed by atoms with van der Waals surface area (Å²) in [5.74, 6) is 1.54. The molecule has 0 amide bonds. The minimum Gasteiger partial charge on any atom is -0.494 e. The van der Waals surface area contributed by atoms with E-state index in [2.05, 4.69) is 29.8 Å². The highest BCUT2D eigenvalue weighted by Crippen LogP contribution is 2.19. The molecule has 166 valence electrons. The topological polar surface area (TPSA) is 47.4 Å². The van der Waals surface area contributed by atoms with Gasteiger partial charge in [-0.3, -0.25) is 9.78 Å². The molecule has 31 heavy (non-hydrogen) atoms. The van der Waals surface area contributed by atoms with Crippen molar-refractivity contribution in [1.29, 1.82) is 0 Å². The van der Waals surface area contributed by atoms with E-state index in [-0.39, 0.29) is 5.56 Å². The van der Waals surface area contributed by atoms with Crippen molar-refractivity contribution in [3.05, 3.63) is 70.8 Å². The van der Waals surface area contributed by atoms with Crippen LogP contribution in [-0.2, 0) is 13.5 Å². The van der Waals surface area contributed by atoms with Gasteiger partial charge in [0.15, 0.2) is 0 Å². The zero-order valence-corrected chi connectivity index (χ0v) is 19.1. The van der Waals surface area contributed by atoms with Crippen LogP contribution in [0, 0.1) is 5.92 Å². The van der Waals surface area contributed by atoms with Gasteiger partial charge in [0.2, 0.25) is 0 Å². The standard InChI is InChI=1S/C26H35N3O2/c1-21(2)20-29(16-13-22-8-7-14-27-19-22)15-5-4-6-17-31-24-10-11-25-23(18-24)9-12-26(30)28(25)3/h7-12,14,18-19,21H,4-6,13,15-17,20H2,1-3H3. The van der Waals surface area contributed by atoms with Crippen LogP contribution >= 0.6 is 0 Å². The molecule has 1 aromatic carbocycles. The third-order valence-electron chi connectivity index (χ3n) is 5.55. The molecular formula is C26H35N3O2. The van der Waals surface area contributed by atoms with E-state index in [1.165, 1.54) is 12.0 Å². The maximum absolute atomic E-state index is 11.7. The molecule has 0 aliphatic carbocycles. The van der Waals surface area contributed by atoms with Gasteiger partial charge in [-0.15, -0.1) is 0 Å². The number of rotatable bonds is 12. The van der Waals surface area contributed by atoms with Crippen LogP contribution in [0.25, 0.3) is 10.9 Å². The Kier molecular flexibility index (Phi) is 8.65. The van der Waals surface area contributed by atoms with Crippen LogP contribution in [0.4, 0.5) is 0 Å². The largest absolute Gasteiger partial charge is 0.494 e. The quantitative estimate of drug-likeness (QED) is 0.398. The van der Waals surface area contributed by atoms with E-state index in [1.54, 1.807) is 17.7 Å². The first-order chi connectivity index (χ1) is 15.0. The summed E-state index contributed by atoms with van der Waals surface area (Å²) in [7, 11) is 1.80. The number of ether oxygens (including phenoxy) is 1. The average Bonchev–Trinajstić information content (AvgIpc) is 2.77. The molecule has 0 aliphatic heterocycles. The van der Waals surface area contributed by atoms with E-state index in [4.69, 9.17) is 4.74 Å². The Labute approximate surface area is 185 Å². The lowest BCUT2D eigenvalue weighted by atomic mass is 10.1. The Morgan fingerprint density at radius 1 is 1.06 bits per heavy atom. The first-order valence-corrected chi connectivity index (χ1v) is 11.4. The highest BCUT2D eigenvalue weighted by Gasteiger charge is 2.08. The number of unbranched alkanes of at least 4 members (excludes halogenated alkanes) is 2. The Bertz CT molecular complexity index is 998. The SMILES string of the molecule is CC(C)CN(CCCCCOc1ccc2c(ccc(=O)n2C)c1)CCc1cccnc1. The number of fused-ring (bicyclic) bond motifs is 1. The van der Waals surface area contributed by atoms with Gasteiger partial charge < -0.3 is 14.2 Å². The zero-order valence-electron chi connectivity index (χ0n) is 19.1. The molecule has 0 unspecified atom stereocenters. The molecule has 0 atom stereocenters. The minimum absolute atomic E-state index is 0.00751. The molecule has 0 radical (unpaired) electrons. The molecule has 3 rings (SSSR count). The van der Waals surface area contributed by atoms with E-state index in [0.29, 0.717) is 5.92 Å². The van der Waals surface area contributed by atoms with Crippen molar-refractivity contribution in [2.75, 3.05) is 26.2 Å². The Morgan fingerprint density at radius 3 is 2.71 bits per heavy atom. The van der Waals surface area contributed by atoms with Gasteiger partial charge in [0, 0.05) is 44.0 Å². The van der Waals surface area contributed by atoms with Gasteiger partial charge in [-0.1, -0.05) is 19.9 Å². The summed E-state index contributed by atoms with van der Waals surface area (Å²) >= 11 is 0. The van der Waals surface area contributed by atoms with Crippen molar-refractivity contribution < 1.29 is 4.74 Å². The third kappa shape index (κ3) is 7.21. The van der Waals surface area contributed by atoms with Gasteiger partial charge in [-0.05, 0) is 74.0 Å². The molecule has 2 aromatic heterocycles. The minimum atomic E-state index is 0.00751. The molecule has 0 saturated heterocycles. The highest BCUT2D eigenvalue weighted by molar-refractivity contribution is 5.80. The van der Waals surface area contributed by atoms with Crippen molar-refractivity contribution in [2.24, 2.45) is 13.0 Å². The second-order valence-corrected chi connectivity index (χ2v) is 8.67. The molecule has 0 fully saturated rings. The number of hydrogen-bond acceptors (Lipinski definition) is 4. The van der Waals surface area contributed by atoms with E-state index >= 15 is 0 Å². The lowest BCUT2D eigenvalue weighted by Crippen LogP contribution is -2.31. The molecule has 2 heterocycles. The highest BCUT2D eigenvalue weighted by atomic mass is 16.5. The van der Waals surface area contributed by atoms with Crippen molar-refractivity contribution in [3.63, 3.8) is 0 Å². The fourth-order valence-electron chi connectivity index (χ4n) is 3.90. The number of nitrogens with zero attached hydrogens (tertiary/aromatic N) is 3. The van der Waals surface area contributed by atoms with Crippen LogP contribution in [-0.4, -0.2) is 40.7 Å². The maximum Gasteiger partial charge on any atom is 0.250 e. The van der Waals surface area contributed by atoms with Crippen LogP contribution in [0.3, 0.4) is 0 Å². The van der Waals surface area contributed by atoms with Crippen molar-refractivity contribution in [2.45, 2.75) is 39.5 Å². The van der Waals surface area contributed by atoms with Crippen LogP contribution in [0.15, 0.2) is 59.7 Å². The fourth-order valence-corrected chi connectivity index (χ4v) is 3.90. The average molecular weight is 422 g/mol.